The molecule has 1 atom stereocenters. The van der Waals surface area contributed by atoms with Gasteiger partial charge in [-0.1, -0.05) is 45.8 Å². The maximum absolute atomic E-state index is 12.1. The van der Waals surface area contributed by atoms with Gasteiger partial charge in [-0.05, 0) is 56.5 Å². The van der Waals surface area contributed by atoms with Gasteiger partial charge < -0.3 is 10.1 Å². The molecule has 23 heavy (non-hydrogen) atoms. The largest absolute Gasteiger partial charge is 0.484 e. The van der Waals surface area contributed by atoms with Gasteiger partial charge in [-0.2, -0.15) is 0 Å². The lowest BCUT2D eigenvalue weighted by Crippen LogP contribution is -2.31. The van der Waals surface area contributed by atoms with E-state index in [1.165, 1.54) is 5.56 Å². The zero-order valence-electron chi connectivity index (χ0n) is 13.9. The van der Waals surface area contributed by atoms with Gasteiger partial charge in [0.2, 0.25) is 0 Å². The summed E-state index contributed by atoms with van der Waals surface area (Å²) in [5.41, 5.74) is 4.47. The highest BCUT2D eigenvalue weighted by Crippen LogP contribution is 2.26. The van der Waals surface area contributed by atoms with E-state index in [2.05, 4.69) is 21.2 Å². The number of halogens is 1. The second-order valence-corrected chi connectivity index (χ2v) is 6.65. The molecule has 0 fully saturated rings. The Morgan fingerprint density at radius 2 is 1.70 bits per heavy atom. The summed E-state index contributed by atoms with van der Waals surface area (Å²) in [5.74, 6) is 0.581. The first-order valence-electron chi connectivity index (χ1n) is 7.62. The van der Waals surface area contributed by atoms with Crippen molar-refractivity contribution in [2.75, 3.05) is 6.61 Å². The van der Waals surface area contributed by atoms with Crippen LogP contribution in [0.3, 0.4) is 0 Å². The van der Waals surface area contributed by atoms with Crippen LogP contribution in [0.25, 0.3) is 0 Å². The summed E-state index contributed by atoms with van der Waals surface area (Å²) < 4.78 is 6.68. The number of carbonyl (C=O) groups excluding carboxylic acids is 1. The number of aryl methyl sites for hydroxylation is 3. The third-order valence-corrected chi connectivity index (χ3v) is 4.99. The van der Waals surface area contributed by atoms with Gasteiger partial charge in [0.15, 0.2) is 6.61 Å². The number of nitrogens with one attached hydrogen (secondary N) is 1. The molecule has 0 saturated carbocycles. The van der Waals surface area contributed by atoms with Crippen LogP contribution in [0.4, 0.5) is 0 Å². The Balaban J connectivity index is 1.91. The summed E-state index contributed by atoms with van der Waals surface area (Å²) in [6, 6.07) is 12.0. The lowest BCUT2D eigenvalue weighted by molar-refractivity contribution is -0.123. The average molecular weight is 376 g/mol. The van der Waals surface area contributed by atoms with Gasteiger partial charge >= 0.3 is 0 Å². The van der Waals surface area contributed by atoms with E-state index in [0.717, 1.165) is 21.2 Å². The van der Waals surface area contributed by atoms with Crippen molar-refractivity contribution in [2.45, 2.75) is 33.7 Å². The molecule has 0 saturated heterocycles. The van der Waals surface area contributed by atoms with Crippen LogP contribution in [-0.4, -0.2) is 12.5 Å². The second-order valence-electron chi connectivity index (χ2n) is 5.86. The van der Waals surface area contributed by atoms with E-state index in [4.69, 9.17) is 4.74 Å². The van der Waals surface area contributed by atoms with E-state index in [9.17, 15) is 4.79 Å². The summed E-state index contributed by atoms with van der Waals surface area (Å²) in [6.45, 7) is 8.03. The highest BCUT2D eigenvalue weighted by atomic mass is 79.9. The molecule has 0 bridgehead atoms. The number of carbonyl (C=O) groups is 1. The Morgan fingerprint density at radius 1 is 1.13 bits per heavy atom. The summed E-state index contributed by atoms with van der Waals surface area (Å²) >= 11 is 3.52. The number of hydrogen-bond acceptors (Lipinski definition) is 2. The molecule has 0 radical (unpaired) electrons. The fraction of sp³-hybridized carbons (Fsp3) is 0.316. The summed E-state index contributed by atoms with van der Waals surface area (Å²) in [4.78, 5) is 12.1. The van der Waals surface area contributed by atoms with E-state index < -0.39 is 0 Å². The molecule has 3 nitrogen and oxygen atoms in total. The Bertz CT molecular complexity index is 672. The van der Waals surface area contributed by atoms with Gasteiger partial charge in [-0.15, -0.1) is 0 Å². The zero-order chi connectivity index (χ0) is 17.0. The Morgan fingerprint density at radius 3 is 2.26 bits per heavy atom. The van der Waals surface area contributed by atoms with E-state index in [1.807, 2.05) is 64.1 Å². The van der Waals surface area contributed by atoms with Crippen molar-refractivity contribution in [2.24, 2.45) is 0 Å². The summed E-state index contributed by atoms with van der Waals surface area (Å²) in [7, 11) is 0. The van der Waals surface area contributed by atoms with Gasteiger partial charge in [0.1, 0.15) is 5.75 Å². The minimum absolute atomic E-state index is 0.0106. The van der Waals surface area contributed by atoms with Crippen molar-refractivity contribution < 1.29 is 9.53 Å². The van der Waals surface area contributed by atoms with Gasteiger partial charge in [-0.3, -0.25) is 4.79 Å². The van der Waals surface area contributed by atoms with Gasteiger partial charge in [-0.25, -0.2) is 0 Å². The average Bonchev–Trinajstić information content (AvgIpc) is 2.51. The number of amides is 1. The lowest BCUT2D eigenvalue weighted by atomic mass is 10.1. The van der Waals surface area contributed by atoms with Crippen molar-refractivity contribution in [3.05, 3.63) is 63.1 Å². The molecule has 0 spiro atoms. The van der Waals surface area contributed by atoms with Crippen LogP contribution in [-0.2, 0) is 4.79 Å². The Labute approximate surface area is 146 Å². The minimum atomic E-state index is -0.128. The zero-order valence-corrected chi connectivity index (χ0v) is 15.5. The van der Waals surface area contributed by atoms with Crippen LogP contribution in [0.5, 0.6) is 5.75 Å². The molecular weight excluding hydrogens is 354 g/mol. The molecule has 0 aromatic heterocycles. The third kappa shape index (κ3) is 4.83. The maximum Gasteiger partial charge on any atom is 0.258 e. The Hall–Kier alpha value is -1.81. The molecule has 0 aliphatic rings. The molecule has 1 unspecified atom stereocenters. The van der Waals surface area contributed by atoms with Crippen LogP contribution in [0.15, 0.2) is 40.9 Å². The van der Waals surface area contributed by atoms with E-state index in [0.29, 0.717) is 5.75 Å². The molecule has 4 heteroatoms. The fourth-order valence-corrected chi connectivity index (χ4v) is 2.59. The number of rotatable bonds is 5. The van der Waals surface area contributed by atoms with Crippen molar-refractivity contribution in [3.63, 3.8) is 0 Å². The first kappa shape index (κ1) is 17.5. The predicted molar refractivity (Wildman–Crippen MR) is 96.8 cm³/mol. The number of benzene rings is 2. The van der Waals surface area contributed by atoms with Crippen LogP contribution in [0.2, 0.25) is 0 Å². The first-order valence-corrected chi connectivity index (χ1v) is 8.41. The molecular formula is C19H22BrNO2. The van der Waals surface area contributed by atoms with Crippen LogP contribution >= 0.6 is 15.9 Å². The van der Waals surface area contributed by atoms with Gasteiger partial charge in [0.25, 0.3) is 5.91 Å². The van der Waals surface area contributed by atoms with E-state index in [-0.39, 0.29) is 18.6 Å². The molecule has 2 aromatic carbocycles. The van der Waals surface area contributed by atoms with Crippen LogP contribution in [0.1, 0.15) is 35.2 Å². The third-order valence-electron chi connectivity index (χ3n) is 3.73. The molecule has 122 valence electrons. The normalized spacial score (nSPS) is 11.9. The SMILES string of the molecule is Cc1ccc(C(C)NC(=O)COc2cc(C)c(Br)c(C)c2)cc1. The molecule has 0 aliphatic carbocycles. The van der Waals surface area contributed by atoms with E-state index in [1.54, 1.807) is 0 Å². The topological polar surface area (TPSA) is 38.3 Å². The molecule has 2 rings (SSSR count). The fourth-order valence-electron chi connectivity index (χ4n) is 2.36. The molecule has 1 N–H and O–H groups in total. The lowest BCUT2D eigenvalue weighted by Gasteiger charge is -2.15. The minimum Gasteiger partial charge on any atom is -0.484 e. The quantitative estimate of drug-likeness (QED) is 0.826. The van der Waals surface area contributed by atoms with Gasteiger partial charge in [0.05, 0.1) is 6.04 Å². The number of ether oxygens (including phenoxy) is 1. The summed E-state index contributed by atoms with van der Waals surface area (Å²) in [6.07, 6.45) is 0. The maximum atomic E-state index is 12.1. The molecule has 0 aliphatic heterocycles. The van der Waals surface area contributed by atoms with Crippen molar-refractivity contribution in [1.29, 1.82) is 0 Å². The molecule has 0 heterocycles. The van der Waals surface area contributed by atoms with Crippen molar-refractivity contribution >= 4 is 21.8 Å². The first-order chi connectivity index (χ1) is 10.9. The molecule has 1 amide bonds. The monoisotopic (exact) mass is 375 g/mol. The Kier molecular flexibility index (Phi) is 5.83. The van der Waals surface area contributed by atoms with Crippen LogP contribution in [0, 0.1) is 20.8 Å². The van der Waals surface area contributed by atoms with Crippen molar-refractivity contribution in [1.82, 2.24) is 5.32 Å². The van der Waals surface area contributed by atoms with Gasteiger partial charge in [0, 0.05) is 4.47 Å². The molecule has 2 aromatic rings. The highest BCUT2D eigenvalue weighted by molar-refractivity contribution is 9.10. The standard InChI is InChI=1S/C19H22BrNO2/c1-12-5-7-16(8-6-12)15(4)21-18(22)11-23-17-9-13(2)19(20)14(3)10-17/h5-10,15H,11H2,1-4H3,(H,21,22). The smallest absolute Gasteiger partial charge is 0.258 e. The highest BCUT2D eigenvalue weighted by Gasteiger charge is 2.11. The number of hydrogen-bond donors (Lipinski definition) is 1. The van der Waals surface area contributed by atoms with Crippen LogP contribution < -0.4 is 10.1 Å². The predicted octanol–water partition coefficient (Wildman–Crippen LogP) is 4.63. The second kappa shape index (κ2) is 7.64. The van der Waals surface area contributed by atoms with Crippen molar-refractivity contribution in [3.8, 4) is 5.75 Å². The van der Waals surface area contributed by atoms with E-state index >= 15 is 0 Å². The summed E-state index contributed by atoms with van der Waals surface area (Å²) in [5, 5.41) is 2.95.